The molecule has 6 nitrogen and oxygen atoms in total. The van der Waals surface area contributed by atoms with Gasteiger partial charge in [0.2, 0.25) is 0 Å². The summed E-state index contributed by atoms with van der Waals surface area (Å²) in [4.78, 5) is 23.4. The van der Waals surface area contributed by atoms with Gasteiger partial charge in [-0.15, -0.1) is 0 Å². The number of rotatable bonds is 7. The Morgan fingerprint density at radius 3 is 2.23 bits per heavy atom. The van der Waals surface area contributed by atoms with Crippen LogP contribution in [0.4, 0.5) is 10.1 Å². The van der Waals surface area contributed by atoms with Crippen molar-refractivity contribution in [2.24, 2.45) is 0 Å². The Kier molecular flexibility index (Phi) is 6.73. The lowest BCUT2D eigenvalue weighted by Crippen LogP contribution is -2.20. The van der Waals surface area contributed by atoms with E-state index in [1.54, 1.807) is 18.2 Å². The van der Waals surface area contributed by atoms with Crippen molar-refractivity contribution in [1.29, 1.82) is 0 Å². The molecule has 0 saturated carbocycles. The summed E-state index contributed by atoms with van der Waals surface area (Å²) in [5.74, 6) is -0.455. The maximum atomic E-state index is 12.8. The van der Waals surface area contributed by atoms with Crippen LogP contribution in [-0.4, -0.2) is 32.7 Å². The maximum Gasteiger partial charge on any atom is 0.331 e. The minimum Gasteiger partial charge on any atom is -0.497 e. The molecular weight excluding hydrogens is 341 g/mol. The molecule has 0 aromatic heterocycles. The van der Waals surface area contributed by atoms with Gasteiger partial charge in [0, 0.05) is 17.8 Å². The van der Waals surface area contributed by atoms with Crippen LogP contribution in [0.2, 0.25) is 0 Å². The average molecular weight is 359 g/mol. The van der Waals surface area contributed by atoms with E-state index in [9.17, 15) is 14.0 Å². The summed E-state index contributed by atoms with van der Waals surface area (Å²) in [6, 6.07) is 10.4. The first-order chi connectivity index (χ1) is 12.5. The minimum atomic E-state index is -0.680. The zero-order chi connectivity index (χ0) is 18.9. The van der Waals surface area contributed by atoms with E-state index in [0.29, 0.717) is 22.7 Å². The summed E-state index contributed by atoms with van der Waals surface area (Å²) >= 11 is 0. The number of anilines is 1. The Labute approximate surface area is 150 Å². The molecular formula is C19H18FNO5. The normalized spacial score (nSPS) is 10.4. The summed E-state index contributed by atoms with van der Waals surface area (Å²) in [6.45, 7) is -0.456. The Hall–Kier alpha value is -3.35. The zero-order valence-corrected chi connectivity index (χ0v) is 14.3. The van der Waals surface area contributed by atoms with E-state index in [2.05, 4.69) is 5.32 Å². The van der Waals surface area contributed by atoms with Crippen LogP contribution in [0.1, 0.15) is 5.56 Å². The Bertz CT molecular complexity index is 780. The van der Waals surface area contributed by atoms with Gasteiger partial charge < -0.3 is 19.5 Å². The Morgan fingerprint density at radius 2 is 1.65 bits per heavy atom. The number of carbonyl (C=O) groups is 2. The summed E-state index contributed by atoms with van der Waals surface area (Å²) in [6.07, 6.45) is 2.71. The largest absolute Gasteiger partial charge is 0.497 e. The quantitative estimate of drug-likeness (QED) is 0.608. The Morgan fingerprint density at radius 1 is 1.04 bits per heavy atom. The summed E-state index contributed by atoms with van der Waals surface area (Å²) in [5.41, 5.74) is 1.08. The van der Waals surface area contributed by atoms with Gasteiger partial charge >= 0.3 is 5.97 Å². The highest BCUT2D eigenvalue weighted by Gasteiger charge is 2.06. The van der Waals surface area contributed by atoms with Crippen molar-refractivity contribution in [2.45, 2.75) is 0 Å². The third-order valence-corrected chi connectivity index (χ3v) is 3.26. The molecule has 1 amide bonds. The lowest BCUT2D eigenvalue weighted by Gasteiger charge is -2.06. The van der Waals surface area contributed by atoms with Crippen molar-refractivity contribution < 1.29 is 28.2 Å². The maximum absolute atomic E-state index is 12.8. The topological polar surface area (TPSA) is 73.9 Å². The SMILES string of the molecule is COc1cc(/C=C/C(=O)OCC(=O)Nc2ccc(F)cc2)cc(OC)c1. The number of hydrogen-bond donors (Lipinski definition) is 1. The molecule has 0 radical (unpaired) electrons. The molecule has 2 rings (SSSR count). The second kappa shape index (κ2) is 9.22. The van der Waals surface area contributed by atoms with Gasteiger partial charge in [0.05, 0.1) is 14.2 Å². The lowest BCUT2D eigenvalue weighted by molar-refractivity contribution is -0.142. The third kappa shape index (κ3) is 5.94. The number of esters is 1. The fraction of sp³-hybridized carbons (Fsp3) is 0.158. The highest BCUT2D eigenvalue weighted by Crippen LogP contribution is 2.23. The molecule has 0 unspecified atom stereocenters. The van der Waals surface area contributed by atoms with Crippen LogP contribution >= 0.6 is 0 Å². The van der Waals surface area contributed by atoms with Crippen molar-refractivity contribution in [2.75, 3.05) is 26.1 Å². The molecule has 1 N–H and O–H groups in total. The molecule has 0 heterocycles. The molecule has 0 saturated heterocycles. The van der Waals surface area contributed by atoms with Gasteiger partial charge in [-0.2, -0.15) is 0 Å². The monoisotopic (exact) mass is 359 g/mol. The Balaban J connectivity index is 1.87. The van der Waals surface area contributed by atoms with Crippen molar-refractivity contribution in [3.05, 3.63) is 59.9 Å². The van der Waals surface area contributed by atoms with Crippen molar-refractivity contribution in [1.82, 2.24) is 0 Å². The van der Waals surface area contributed by atoms with E-state index in [1.165, 1.54) is 50.6 Å². The standard InChI is InChI=1S/C19H18FNO5/c1-24-16-9-13(10-17(11-16)25-2)3-8-19(23)26-12-18(22)21-15-6-4-14(20)5-7-15/h3-11H,12H2,1-2H3,(H,21,22)/b8-3+. The third-order valence-electron chi connectivity index (χ3n) is 3.26. The van der Waals surface area contributed by atoms with Crippen LogP contribution in [0, 0.1) is 5.82 Å². The number of ether oxygens (including phenoxy) is 3. The molecule has 136 valence electrons. The number of hydrogen-bond acceptors (Lipinski definition) is 5. The number of benzene rings is 2. The molecule has 0 aliphatic heterocycles. The molecule has 7 heteroatoms. The molecule has 0 aliphatic carbocycles. The number of halogens is 1. The van der Waals surface area contributed by atoms with Crippen LogP contribution in [0.5, 0.6) is 11.5 Å². The first-order valence-electron chi connectivity index (χ1n) is 7.63. The number of carbonyl (C=O) groups excluding carboxylic acids is 2. The molecule has 0 fully saturated rings. The highest BCUT2D eigenvalue weighted by molar-refractivity contribution is 5.94. The summed E-state index contributed by atoms with van der Waals surface area (Å²) in [7, 11) is 3.05. The van der Waals surface area contributed by atoms with Gasteiger partial charge in [-0.25, -0.2) is 9.18 Å². The summed E-state index contributed by atoms with van der Waals surface area (Å²) < 4.78 is 27.9. The van der Waals surface area contributed by atoms with Gasteiger partial charge in [-0.05, 0) is 48.0 Å². The first kappa shape index (κ1) is 19.0. The van der Waals surface area contributed by atoms with Gasteiger partial charge in [0.1, 0.15) is 17.3 Å². The van der Waals surface area contributed by atoms with E-state index < -0.39 is 24.3 Å². The predicted octanol–water partition coefficient (Wildman–Crippen LogP) is 3.04. The van der Waals surface area contributed by atoms with Gasteiger partial charge in [0.25, 0.3) is 5.91 Å². The second-order valence-electron chi connectivity index (χ2n) is 5.14. The van der Waals surface area contributed by atoms with Crippen LogP contribution < -0.4 is 14.8 Å². The van der Waals surface area contributed by atoms with Gasteiger partial charge in [0.15, 0.2) is 6.61 Å². The van der Waals surface area contributed by atoms with E-state index in [0.717, 1.165) is 0 Å². The average Bonchev–Trinajstić information content (AvgIpc) is 2.66. The molecule has 0 spiro atoms. The van der Waals surface area contributed by atoms with Crippen molar-refractivity contribution in [3.8, 4) is 11.5 Å². The van der Waals surface area contributed by atoms with Crippen LogP contribution in [-0.2, 0) is 14.3 Å². The predicted molar refractivity (Wildman–Crippen MR) is 94.6 cm³/mol. The van der Waals surface area contributed by atoms with Crippen molar-refractivity contribution in [3.63, 3.8) is 0 Å². The number of methoxy groups -OCH3 is 2. The van der Waals surface area contributed by atoms with Crippen LogP contribution in [0.3, 0.4) is 0 Å². The smallest absolute Gasteiger partial charge is 0.331 e. The lowest BCUT2D eigenvalue weighted by atomic mass is 10.2. The molecule has 0 atom stereocenters. The van der Waals surface area contributed by atoms with Crippen LogP contribution in [0.25, 0.3) is 6.08 Å². The van der Waals surface area contributed by atoms with Crippen molar-refractivity contribution >= 4 is 23.6 Å². The van der Waals surface area contributed by atoms with Gasteiger partial charge in [-0.1, -0.05) is 0 Å². The molecule has 0 aliphatic rings. The summed E-state index contributed by atoms with van der Waals surface area (Å²) in [5, 5.41) is 2.49. The molecule has 2 aromatic carbocycles. The van der Waals surface area contributed by atoms with E-state index in [-0.39, 0.29) is 0 Å². The number of amides is 1. The molecule has 26 heavy (non-hydrogen) atoms. The molecule has 0 bridgehead atoms. The fourth-order valence-corrected chi connectivity index (χ4v) is 2.01. The first-order valence-corrected chi connectivity index (χ1v) is 7.63. The highest BCUT2D eigenvalue weighted by atomic mass is 19.1. The van der Waals surface area contributed by atoms with E-state index in [1.807, 2.05) is 0 Å². The second-order valence-corrected chi connectivity index (χ2v) is 5.14. The van der Waals surface area contributed by atoms with Crippen LogP contribution in [0.15, 0.2) is 48.5 Å². The zero-order valence-electron chi connectivity index (χ0n) is 14.3. The fourth-order valence-electron chi connectivity index (χ4n) is 2.01. The minimum absolute atomic E-state index is 0.409. The van der Waals surface area contributed by atoms with Gasteiger partial charge in [-0.3, -0.25) is 4.79 Å². The molecule has 2 aromatic rings. The van der Waals surface area contributed by atoms with E-state index in [4.69, 9.17) is 14.2 Å². The number of nitrogens with one attached hydrogen (secondary N) is 1. The van der Waals surface area contributed by atoms with E-state index >= 15 is 0 Å².